The molecule has 0 atom stereocenters. The predicted molar refractivity (Wildman–Crippen MR) is 121 cm³/mol. The van der Waals surface area contributed by atoms with Crippen molar-refractivity contribution < 1.29 is 9.47 Å². The van der Waals surface area contributed by atoms with Gasteiger partial charge in [0.25, 0.3) is 0 Å². The van der Waals surface area contributed by atoms with Crippen molar-refractivity contribution in [1.29, 1.82) is 0 Å². The van der Waals surface area contributed by atoms with E-state index < -0.39 is 0 Å². The zero-order chi connectivity index (χ0) is 20.9. The van der Waals surface area contributed by atoms with Crippen molar-refractivity contribution in [3.8, 4) is 11.5 Å². The summed E-state index contributed by atoms with van der Waals surface area (Å²) < 4.78 is 11.8. The van der Waals surface area contributed by atoms with Gasteiger partial charge in [-0.2, -0.15) is 0 Å². The maximum atomic E-state index is 5.94. The van der Waals surface area contributed by atoms with E-state index in [1.807, 2.05) is 24.3 Å². The van der Waals surface area contributed by atoms with Crippen LogP contribution in [0.15, 0.2) is 72.8 Å². The second-order valence-electron chi connectivity index (χ2n) is 8.91. The Morgan fingerprint density at radius 1 is 0.655 bits per heavy atom. The molecule has 0 saturated carbocycles. The van der Waals surface area contributed by atoms with Crippen molar-refractivity contribution in [2.75, 3.05) is 0 Å². The lowest BCUT2D eigenvalue weighted by Gasteiger charge is -2.19. The van der Waals surface area contributed by atoms with Gasteiger partial charge in [0.2, 0.25) is 0 Å². The lowest BCUT2D eigenvalue weighted by atomic mass is 9.87. The molecule has 0 aliphatic carbocycles. The van der Waals surface area contributed by atoms with E-state index in [0.717, 1.165) is 17.1 Å². The lowest BCUT2D eigenvalue weighted by molar-refractivity contribution is 0.107. The minimum absolute atomic E-state index is 0.180. The molecule has 0 heterocycles. The molecule has 0 N–H and O–H groups in total. The quantitative estimate of drug-likeness (QED) is 0.414. The molecule has 152 valence electrons. The first-order valence-corrected chi connectivity index (χ1v) is 10.4. The largest absolute Gasteiger partial charge is 0.457 e. The van der Waals surface area contributed by atoms with Gasteiger partial charge in [-0.25, -0.2) is 0 Å². The third kappa shape index (κ3) is 6.20. The Labute approximate surface area is 175 Å². The highest BCUT2D eigenvalue weighted by molar-refractivity contribution is 5.35. The van der Waals surface area contributed by atoms with Gasteiger partial charge >= 0.3 is 0 Å². The van der Waals surface area contributed by atoms with Gasteiger partial charge < -0.3 is 9.47 Å². The fraction of sp³-hybridized carbons (Fsp3) is 0.333. The third-order valence-electron chi connectivity index (χ3n) is 5.06. The highest BCUT2D eigenvalue weighted by Gasteiger charge is 2.12. The molecule has 0 radical (unpaired) electrons. The molecule has 3 aromatic rings. The molecule has 2 nitrogen and oxygen atoms in total. The van der Waals surface area contributed by atoms with Gasteiger partial charge in [-0.1, -0.05) is 83.1 Å². The monoisotopic (exact) mass is 388 g/mol. The molecular weight excluding hydrogens is 356 g/mol. The van der Waals surface area contributed by atoms with E-state index in [1.54, 1.807) is 0 Å². The molecule has 0 unspecified atom stereocenters. The molecule has 0 aliphatic rings. The summed E-state index contributed by atoms with van der Waals surface area (Å²) in [6.07, 6.45) is 0. The Morgan fingerprint density at radius 3 is 1.55 bits per heavy atom. The smallest absolute Gasteiger partial charge is 0.127 e. The standard InChI is InChI=1S/C27H32O2/c1-20(2)23-10-16-26(17-11-23)29-25-14-8-22(9-15-25)19-28-18-21-6-12-24(13-7-21)27(3,4)5/h6-17,20H,18-19H2,1-5H3. The van der Waals surface area contributed by atoms with Gasteiger partial charge in [0.15, 0.2) is 0 Å². The van der Waals surface area contributed by atoms with Crippen LogP contribution in [0.1, 0.15) is 62.8 Å². The number of hydrogen-bond acceptors (Lipinski definition) is 2. The number of hydrogen-bond donors (Lipinski definition) is 0. The molecule has 0 spiro atoms. The van der Waals surface area contributed by atoms with Crippen molar-refractivity contribution in [3.05, 3.63) is 95.1 Å². The fourth-order valence-electron chi connectivity index (χ4n) is 3.10. The van der Waals surface area contributed by atoms with Crippen LogP contribution >= 0.6 is 0 Å². The summed E-state index contributed by atoms with van der Waals surface area (Å²) in [6, 6.07) is 25.1. The first-order chi connectivity index (χ1) is 13.8. The van der Waals surface area contributed by atoms with Gasteiger partial charge in [0.05, 0.1) is 13.2 Å². The highest BCUT2D eigenvalue weighted by Crippen LogP contribution is 2.25. The Balaban J connectivity index is 1.49. The molecule has 0 amide bonds. The van der Waals surface area contributed by atoms with Crippen LogP contribution in [0.25, 0.3) is 0 Å². The molecular formula is C27H32O2. The van der Waals surface area contributed by atoms with E-state index in [2.05, 4.69) is 83.1 Å². The molecule has 29 heavy (non-hydrogen) atoms. The molecule has 3 aromatic carbocycles. The van der Waals surface area contributed by atoms with Crippen LogP contribution in [0, 0.1) is 0 Å². The molecule has 0 saturated heterocycles. The summed E-state index contributed by atoms with van der Waals surface area (Å²) in [4.78, 5) is 0. The van der Waals surface area contributed by atoms with E-state index in [1.165, 1.54) is 16.7 Å². The van der Waals surface area contributed by atoms with Crippen LogP contribution in [0.3, 0.4) is 0 Å². The predicted octanol–water partition coefficient (Wildman–Crippen LogP) is 7.62. The van der Waals surface area contributed by atoms with E-state index in [4.69, 9.17) is 9.47 Å². The summed E-state index contributed by atoms with van der Waals surface area (Å²) in [5.41, 5.74) is 5.18. The molecule has 0 aliphatic heterocycles. The van der Waals surface area contributed by atoms with E-state index >= 15 is 0 Å². The first kappa shape index (κ1) is 21.1. The normalized spacial score (nSPS) is 11.7. The van der Waals surface area contributed by atoms with Crippen LogP contribution in [-0.2, 0) is 23.4 Å². The van der Waals surface area contributed by atoms with Gasteiger partial charge in [0.1, 0.15) is 11.5 Å². The van der Waals surface area contributed by atoms with Crippen LogP contribution in [-0.4, -0.2) is 0 Å². The Kier molecular flexibility index (Phi) is 6.76. The zero-order valence-electron chi connectivity index (χ0n) is 18.2. The topological polar surface area (TPSA) is 18.5 Å². The summed E-state index contributed by atoms with van der Waals surface area (Å²) in [5, 5.41) is 0. The molecule has 2 heteroatoms. The number of benzene rings is 3. The Hall–Kier alpha value is -2.58. The van der Waals surface area contributed by atoms with E-state index in [9.17, 15) is 0 Å². The minimum Gasteiger partial charge on any atom is -0.457 e. The van der Waals surface area contributed by atoms with Crippen LogP contribution < -0.4 is 4.74 Å². The summed E-state index contributed by atoms with van der Waals surface area (Å²) >= 11 is 0. The average molecular weight is 389 g/mol. The van der Waals surface area contributed by atoms with Gasteiger partial charge in [-0.3, -0.25) is 0 Å². The number of ether oxygens (including phenoxy) is 2. The summed E-state index contributed by atoms with van der Waals surface area (Å²) in [5.74, 6) is 2.22. The lowest BCUT2D eigenvalue weighted by Crippen LogP contribution is -2.10. The van der Waals surface area contributed by atoms with Crippen molar-refractivity contribution >= 4 is 0 Å². The zero-order valence-corrected chi connectivity index (χ0v) is 18.2. The summed E-state index contributed by atoms with van der Waals surface area (Å²) in [6.45, 7) is 12.3. The van der Waals surface area contributed by atoms with Crippen molar-refractivity contribution in [1.82, 2.24) is 0 Å². The highest BCUT2D eigenvalue weighted by atomic mass is 16.5. The van der Waals surface area contributed by atoms with E-state index in [-0.39, 0.29) is 5.41 Å². The van der Waals surface area contributed by atoms with Crippen LogP contribution in [0.2, 0.25) is 0 Å². The maximum Gasteiger partial charge on any atom is 0.127 e. The van der Waals surface area contributed by atoms with Crippen molar-refractivity contribution in [2.24, 2.45) is 0 Å². The second-order valence-corrected chi connectivity index (χ2v) is 8.91. The van der Waals surface area contributed by atoms with Crippen LogP contribution in [0.5, 0.6) is 11.5 Å². The average Bonchev–Trinajstić information content (AvgIpc) is 2.69. The molecule has 0 aromatic heterocycles. The van der Waals surface area contributed by atoms with Gasteiger partial charge in [-0.15, -0.1) is 0 Å². The Bertz CT molecular complexity index is 883. The third-order valence-corrected chi connectivity index (χ3v) is 5.06. The fourth-order valence-corrected chi connectivity index (χ4v) is 3.10. The van der Waals surface area contributed by atoms with Crippen LogP contribution in [0.4, 0.5) is 0 Å². The van der Waals surface area contributed by atoms with Gasteiger partial charge in [-0.05, 0) is 57.9 Å². The first-order valence-electron chi connectivity index (χ1n) is 10.4. The Morgan fingerprint density at radius 2 is 1.10 bits per heavy atom. The summed E-state index contributed by atoms with van der Waals surface area (Å²) in [7, 11) is 0. The van der Waals surface area contributed by atoms with Crippen molar-refractivity contribution in [3.63, 3.8) is 0 Å². The number of rotatable bonds is 7. The molecule has 0 fully saturated rings. The molecule has 3 rings (SSSR count). The van der Waals surface area contributed by atoms with E-state index in [0.29, 0.717) is 19.1 Å². The SMILES string of the molecule is CC(C)c1ccc(Oc2ccc(COCc3ccc(C(C)(C)C)cc3)cc2)cc1. The maximum absolute atomic E-state index is 5.94. The second kappa shape index (κ2) is 9.28. The minimum atomic E-state index is 0.180. The molecule has 0 bridgehead atoms. The van der Waals surface area contributed by atoms with Gasteiger partial charge in [0, 0.05) is 0 Å². The van der Waals surface area contributed by atoms with Crippen molar-refractivity contribution in [2.45, 2.75) is 59.2 Å².